The average molecular weight is 476 g/mol. The molecular weight excluding hydrogens is 454 g/mol. The van der Waals surface area contributed by atoms with Gasteiger partial charge in [-0.2, -0.15) is 4.68 Å². The lowest BCUT2D eigenvalue weighted by molar-refractivity contribution is 0.301. The summed E-state index contributed by atoms with van der Waals surface area (Å²) in [6.45, 7) is 13.1. The summed E-state index contributed by atoms with van der Waals surface area (Å²) in [7, 11) is 0. The molecule has 2 heterocycles. The first-order chi connectivity index (χ1) is 16.7. The number of aromatic nitrogens is 4. The predicted molar refractivity (Wildman–Crippen MR) is 126 cm³/mol. The van der Waals surface area contributed by atoms with E-state index in [1.165, 1.54) is 28.9 Å². The van der Waals surface area contributed by atoms with Gasteiger partial charge in [-0.25, -0.2) is 18.7 Å². The molecule has 0 bridgehead atoms. The molecular formula is C25H22F2N6O2. The molecule has 0 aliphatic carbocycles. The quantitative estimate of drug-likeness (QED) is 0.335. The molecule has 0 radical (unpaired) electrons. The van der Waals surface area contributed by atoms with Crippen molar-refractivity contribution >= 4 is 11.5 Å². The Hall–Kier alpha value is -4.52. The van der Waals surface area contributed by atoms with Gasteiger partial charge in [0.25, 0.3) is 5.82 Å². The highest BCUT2D eigenvalue weighted by atomic mass is 19.1. The monoisotopic (exact) mass is 476 g/mol. The van der Waals surface area contributed by atoms with Crippen LogP contribution in [0.25, 0.3) is 10.5 Å². The van der Waals surface area contributed by atoms with Gasteiger partial charge in [0.1, 0.15) is 35.5 Å². The van der Waals surface area contributed by atoms with Gasteiger partial charge in [0.15, 0.2) is 11.5 Å². The Morgan fingerprint density at radius 2 is 1.77 bits per heavy atom. The summed E-state index contributed by atoms with van der Waals surface area (Å²) in [6.07, 6.45) is 3.25. The predicted octanol–water partition coefficient (Wildman–Crippen LogP) is 5.88. The SMILES string of the molecule is [C-]#[N+]c1c(N)c(C(C)C)nn1-c1ccc(Oc2cc(F)cc(OCc3cnc(C)nc3)c2)cc1F. The Labute approximate surface area is 200 Å². The minimum absolute atomic E-state index is 0.0344. The zero-order valence-electron chi connectivity index (χ0n) is 19.3. The minimum Gasteiger partial charge on any atom is -0.489 e. The molecule has 35 heavy (non-hydrogen) atoms. The van der Waals surface area contributed by atoms with Crippen molar-refractivity contribution in [3.8, 4) is 22.9 Å². The van der Waals surface area contributed by atoms with Gasteiger partial charge in [-0.3, -0.25) is 0 Å². The molecule has 178 valence electrons. The van der Waals surface area contributed by atoms with Crippen LogP contribution in [0.4, 0.5) is 20.3 Å². The summed E-state index contributed by atoms with van der Waals surface area (Å²) >= 11 is 0. The number of hydrogen-bond acceptors (Lipinski definition) is 6. The van der Waals surface area contributed by atoms with Gasteiger partial charge in [0.2, 0.25) is 0 Å². The van der Waals surface area contributed by atoms with Gasteiger partial charge in [0, 0.05) is 48.1 Å². The van der Waals surface area contributed by atoms with Crippen LogP contribution in [-0.2, 0) is 6.61 Å². The van der Waals surface area contributed by atoms with Gasteiger partial charge >= 0.3 is 0 Å². The molecule has 0 saturated heterocycles. The van der Waals surface area contributed by atoms with Crippen LogP contribution in [0.1, 0.15) is 36.8 Å². The Morgan fingerprint density at radius 1 is 1.06 bits per heavy atom. The number of nitrogens with two attached hydrogens (primary N) is 1. The molecule has 0 amide bonds. The smallest absolute Gasteiger partial charge is 0.280 e. The molecule has 0 unspecified atom stereocenters. The highest BCUT2D eigenvalue weighted by Crippen LogP contribution is 2.35. The lowest BCUT2D eigenvalue weighted by Crippen LogP contribution is -2.01. The van der Waals surface area contributed by atoms with E-state index in [0.717, 1.165) is 17.7 Å². The molecule has 0 atom stereocenters. The molecule has 0 aliphatic heterocycles. The van der Waals surface area contributed by atoms with Crippen molar-refractivity contribution in [2.75, 3.05) is 5.73 Å². The largest absolute Gasteiger partial charge is 0.489 e. The van der Waals surface area contributed by atoms with Crippen molar-refractivity contribution in [3.05, 3.63) is 88.9 Å². The highest BCUT2D eigenvalue weighted by molar-refractivity contribution is 5.69. The zero-order chi connectivity index (χ0) is 25.1. The first-order valence-corrected chi connectivity index (χ1v) is 10.7. The topological polar surface area (TPSA) is 92.4 Å². The number of halogens is 2. The highest BCUT2D eigenvalue weighted by Gasteiger charge is 2.23. The number of rotatable bonds is 7. The molecule has 0 aliphatic rings. The van der Waals surface area contributed by atoms with Crippen LogP contribution in [0.5, 0.6) is 17.2 Å². The fourth-order valence-electron chi connectivity index (χ4n) is 3.34. The van der Waals surface area contributed by atoms with Crippen molar-refractivity contribution in [1.82, 2.24) is 19.7 Å². The number of hydrogen-bond donors (Lipinski definition) is 1. The number of benzene rings is 2. The summed E-state index contributed by atoms with van der Waals surface area (Å²) in [6, 6.07) is 7.91. The molecule has 0 fully saturated rings. The number of nitrogens with zero attached hydrogens (tertiary/aromatic N) is 5. The lowest BCUT2D eigenvalue weighted by atomic mass is 10.1. The second-order valence-electron chi connectivity index (χ2n) is 8.07. The molecule has 10 heteroatoms. The summed E-state index contributed by atoms with van der Waals surface area (Å²) < 4.78 is 41.6. The van der Waals surface area contributed by atoms with E-state index in [4.69, 9.17) is 21.8 Å². The van der Waals surface area contributed by atoms with Gasteiger partial charge in [-0.1, -0.05) is 25.5 Å². The molecule has 2 aromatic carbocycles. The third-order valence-corrected chi connectivity index (χ3v) is 5.05. The van der Waals surface area contributed by atoms with Crippen LogP contribution < -0.4 is 15.2 Å². The standard InChI is InChI=1S/C25H22F2N6O2/c1-14(2)24-23(28)25(29-4)33(32-24)22-6-5-18(10-21(22)27)35-20-8-17(26)7-19(9-20)34-13-16-11-30-15(3)31-12-16/h5-12,14H,13,28H2,1-3H3. The third kappa shape index (κ3) is 5.19. The van der Waals surface area contributed by atoms with Crippen LogP contribution >= 0.6 is 0 Å². The number of anilines is 1. The van der Waals surface area contributed by atoms with E-state index >= 15 is 0 Å². The Kier molecular flexibility index (Phi) is 6.59. The third-order valence-electron chi connectivity index (χ3n) is 5.05. The normalized spacial score (nSPS) is 10.9. The molecule has 4 aromatic rings. The lowest BCUT2D eigenvalue weighted by Gasteiger charge is -2.11. The van der Waals surface area contributed by atoms with Crippen molar-refractivity contribution < 1.29 is 18.3 Å². The maximum atomic E-state index is 15.0. The first-order valence-electron chi connectivity index (χ1n) is 10.7. The second kappa shape index (κ2) is 9.77. The molecule has 0 saturated carbocycles. The second-order valence-corrected chi connectivity index (χ2v) is 8.07. The van der Waals surface area contributed by atoms with Crippen molar-refractivity contribution in [3.63, 3.8) is 0 Å². The van der Waals surface area contributed by atoms with Gasteiger partial charge < -0.3 is 20.1 Å². The van der Waals surface area contributed by atoms with E-state index in [1.54, 1.807) is 19.3 Å². The number of nitrogen functional groups attached to an aromatic ring is 1. The van der Waals surface area contributed by atoms with Crippen molar-refractivity contribution in [1.29, 1.82) is 0 Å². The van der Waals surface area contributed by atoms with Gasteiger partial charge in [-0.05, 0) is 19.1 Å². The Balaban J connectivity index is 1.55. The van der Waals surface area contributed by atoms with Crippen molar-refractivity contribution in [2.45, 2.75) is 33.3 Å². The Bertz CT molecular complexity index is 1410. The maximum Gasteiger partial charge on any atom is 0.280 e. The summed E-state index contributed by atoms with van der Waals surface area (Å²) in [5, 5.41) is 4.32. The average Bonchev–Trinajstić information content (AvgIpc) is 3.14. The molecule has 2 aromatic heterocycles. The summed E-state index contributed by atoms with van der Waals surface area (Å²) in [5.41, 5.74) is 7.54. The van der Waals surface area contributed by atoms with Crippen LogP contribution in [0.2, 0.25) is 0 Å². The molecule has 4 rings (SSSR count). The van der Waals surface area contributed by atoms with Gasteiger partial charge in [0.05, 0.1) is 11.4 Å². The Morgan fingerprint density at radius 3 is 2.43 bits per heavy atom. The summed E-state index contributed by atoms with van der Waals surface area (Å²) in [4.78, 5) is 11.6. The van der Waals surface area contributed by atoms with E-state index in [-0.39, 0.29) is 47.0 Å². The maximum absolute atomic E-state index is 15.0. The van der Waals surface area contributed by atoms with Crippen LogP contribution in [0, 0.1) is 25.1 Å². The fraction of sp³-hybridized carbons (Fsp3) is 0.200. The van der Waals surface area contributed by atoms with E-state index in [9.17, 15) is 8.78 Å². The van der Waals surface area contributed by atoms with E-state index in [2.05, 4.69) is 19.9 Å². The fourth-order valence-corrected chi connectivity index (χ4v) is 3.34. The summed E-state index contributed by atoms with van der Waals surface area (Å²) in [5.74, 6) is -0.148. The molecule has 0 spiro atoms. The van der Waals surface area contributed by atoms with Crippen molar-refractivity contribution in [2.24, 2.45) is 0 Å². The number of ether oxygens (including phenoxy) is 2. The van der Waals surface area contributed by atoms with Crippen LogP contribution in [-0.4, -0.2) is 19.7 Å². The zero-order valence-corrected chi connectivity index (χ0v) is 19.3. The van der Waals surface area contributed by atoms with E-state index in [1.807, 2.05) is 13.8 Å². The molecule has 8 nitrogen and oxygen atoms in total. The van der Waals surface area contributed by atoms with Crippen LogP contribution in [0.3, 0.4) is 0 Å². The first kappa shape index (κ1) is 23.6. The van der Waals surface area contributed by atoms with E-state index < -0.39 is 11.6 Å². The molecule has 2 N–H and O–H groups in total. The van der Waals surface area contributed by atoms with Gasteiger partial charge in [-0.15, -0.1) is 0 Å². The minimum atomic E-state index is -0.683. The number of aryl methyl sites for hydroxylation is 1. The van der Waals surface area contributed by atoms with Crippen LogP contribution in [0.15, 0.2) is 48.8 Å². The van der Waals surface area contributed by atoms with E-state index in [0.29, 0.717) is 11.5 Å².